The molecule has 0 unspecified atom stereocenters. The monoisotopic (exact) mass is 155 g/mol. The minimum atomic E-state index is -0.764. The second-order valence-corrected chi connectivity index (χ2v) is 3.31. The zero-order valence-corrected chi connectivity index (χ0v) is 6.89. The van der Waals surface area contributed by atoms with E-state index in [1.54, 1.807) is 13.8 Å². The molecular formula is C8H13NO2. The van der Waals surface area contributed by atoms with Crippen LogP contribution >= 0.6 is 0 Å². The van der Waals surface area contributed by atoms with Gasteiger partial charge in [-0.15, -0.1) is 0 Å². The molecule has 0 bridgehead atoms. The van der Waals surface area contributed by atoms with Crippen LogP contribution in [0.5, 0.6) is 0 Å². The molecule has 0 saturated heterocycles. The summed E-state index contributed by atoms with van der Waals surface area (Å²) < 4.78 is 4.93. The molecular weight excluding hydrogens is 142 g/mol. The molecule has 0 atom stereocenters. The second-order valence-electron chi connectivity index (χ2n) is 3.31. The highest BCUT2D eigenvalue weighted by atomic mass is 16.5. The molecule has 0 spiro atoms. The first-order chi connectivity index (χ1) is 5.02. The summed E-state index contributed by atoms with van der Waals surface area (Å²) in [6, 6.07) is 0. The van der Waals surface area contributed by atoms with E-state index in [1.165, 1.54) is 6.26 Å². The maximum absolute atomic E-state index is 11.4. The van der Waals surface area contributed by atoms with Crippen LogP contribution in [0.4, 0.5) is 0 Å². The van der Waals surface area contributed by atoms with Crippen molar-refractivity contribution in [2.75, 3.05) is 6.61 Å². The molecule has 0 aromatic rings. The summed E-state index contributed by atoms with van der Waals surface area (Å²) in [5.74, 6) is -0.0185. The van der Waals surface area contributed by atoms with Gasteiger partial charge in [0.25, 0.3) is 0 Å². The van der Waals surface area contributed by atoms with Crippen LogP contribution in [0.3, 0.4) is 0 Å². The van der Waals surface area contributed by atoms with Crippen LogP contribution in [0.1, 0.15) is 20.3 Å². The fraction of sp³-hybridized carbons (Fsp3) is 0.625. The molecule has 0 aromatic heterocycles. The Kier molecular flexibility index (Phi) is 2.00. The van der Waals surface area contributed by atoms with Gasteiger partial charge >= 0.3 is 0 Å². The number of carbonyl (C=O) groups excluding carboxylic acids is 1. The zero-order chi connectivity index (χ0) is 8.48. The summed E-state index contributed by atoms with van der Waals surface area (Å²) in [5, 5.41) is 0. The largest absolute Gasteiger partial charge is 0.500 e. The normalized spacial score (nSPS) is 17.5. The summed E-state index contributed by atoms with van der Waals surface area (Å²) in [4.78, 5) is 11.4. The maximum Gasteiger partial charge on any atom is 0.181 e. The summed E-state index contributed by atoms with van der Waals surface area (Å²) >= 11 is 0. The van der Waals surface area contributed by atoms with Crippen LogP contribution in [0, 0.1) is 0 Å². The number of hydrogen-bond donors (Lipinski definition) is 1. The van der Waals surface area contributed by atoms with Crippen molar-refractivity contribution in [3.05, 3.63) is 11.8 Å². The van der Waals surface area contributed by atoms with Crippen molar-refractivity contribution in [1.82, 2.24) is 0 Å². The average Bonchev–Trinajstić information content (AvgIpc) is 2.34. The quantitative estimate of drug-likeness (QED) is 0.635. The van der Waals surface area contributed by atoms with Gasteiger partial charge in [-0.3, -0.25) is 4.79 Å². The molecule has 1 rings (SSSR count). The highest BCUT2D eigenvalue weighted by Gasteiger charge is 2.27. The van der Waals surface area contributed by atoms with Crippen LogP contribution in [-0.2, 0) is 9.53 Å². The Labute approximate surface area is 66.2 Å². The number of rotatable bonds is 2. The topological polar surface area (TPSA) is 52.3 Å². The summed E-state index contributed by atoms with van der Waals surface area (Å²) in [7, 11) is 0. The van der Waals surface area contributed by atoms with Crippen LogP contribution in [0.25, 0.3) is 0 Å². The molecule has 0 radical (unpaired) electrons. The lowest BCUT2D eigenvalue weighted by Gasteiger charge is -2.16. The third kappa shape index (κ3) is 1.80. The van der Waals surface area contributed by atoms with Gasteiger partial charge in [0.05, 0.1) is 18.4 Å². The first-order valence-corrected chi connectivity index (χ1v) is 3.66. The number of Topliss-reactive ketones (excluding diaryl/α,β-unsaturated/α-hetero) is 1. The molecule has 1 heterocycles. The van der Waals surface area contributed by atoms with E-state index in [0.717, 1.165) is 0 Å². The fourth-order valence-corrected chi connectivity index (χ4v) is 0.968. The van der Waals surface area contributed by atoms with Crippen LogP contribution in [0.2, 0.25) is 0 Å². The Hall–Kier alpha value is -0.830. The molecule has 0 amide bonds. The number of hydrogen-bond acceptors (Lipinski definition) is 3. The predicted molar refractivity (Wildman–Crippen MR) is 41.9 cm³/mol. The van der Waals surface area contributed by atoms with Gasteiger partial charge in [0.2, 0.25) is 0 Å². The molecule has 0 saturated carbocycles. The molecule has 0 fully saturated rings. The lowest BCUT2D eigenvalue weighted by molar-refractivity contribution is -0.119. The van der Waals surface area contributed by atoms with E-state index in [-0.39, 0.29) is 5.78 Å². The number of ketones is 1. The van der Waals surface area contributed by atoms with Crippen molar-refractivity contribution in [2.24, 2.45) is 5.73 Å². The molecule has 3 nitrogen and oxygen atoms in total. The van der Waals surface area contributed by atoms with Crippen LogP contribution < -0.4 is 5.73 Å². The Balaban J connectivity index is 2.68. The van der Waals surface area contributed by atoms with Crippen LogP contribution in [0.15, 0.2) is 11.8 Å². The van der Waals surface area contributed by atoms with Gasteiger partial charge in [-0.25, -0.2) is 0 Å². The van der Waals surface area contributed by atoms with Crippen molar-refractivity contribution in [3.63, 3.8) is 0 Å². The summed E-state index contributed by atoms with van der Waals surface area (Å²) in [5.41, 5.74) is 5.55. The van der Waals surface area contributed by atoms with Crippen molar-refractivity contribution in [3.8, 4) is 0 Å². The molecule has 1 aliphatic rings. The predicted octanol–water partition coefficient (Wildman–Crippen LogP) is 0.597. The van der Waals surface area contributed by atoms with E-state index in [4.69, 9.17) is 10.5 Å². The fourth-order valence-electron chi connectivity index (χ4n) is 0.968. The van der Waals surface area contributed by atoms with Gasteiger partial charge < -0.3 is 10.5 Å². The lowest BCUT2D eigenvalue weighted by Crippen LogP contribution is -2.42. The molecule has 62 valence electrons. The standard InChI is InChI=1S/C8H13NO2/c1-8(2,9)7(10)6-3-4-11-5-6/h5H,3-4,9H2,1-2H3. The van der Waals surface area contributed by atoms with Crippen molar-refractivity contribution in [2.45, 2.75) is 25.8 Å². The minimum Gasteiger partial charge on any atom is -0.500 e. The average molecular weight is 155 g/mol. The third-order valence-corrected chi connectivity index (χ3v) is 1.59. The van der Waals surface area contributed by atoms with Crippen molar-refractivity contribution >= 4 is 5.78 Å². The minimum absolute atomic E-state index is 0.0185. The third-order valence-electron chi connectivity index (χ3n) is 1.59. The van der Waals surface area contributed by atoms with E-state index >= 15 is 0 Å². The van der Waals surface area contributed by atoms with Crippen molar-refractivity contribution in [1.29, 1.82) is 0 Å². The number of ether oxygens (including phenoxy) is 1. The number of carbonyl (C=O) groups is 1. The van der Waals surface area contributed by atoms with Gasteiger partial charge in [0.1, 0.15) is 0 Å². The van der Waals surface area contributed by atoms with E-state index in [9.17, 15) is 4.79 Å². The van der Waals surface area contributed by atoms with Gasteiger partial charge in [-0.05, 0) is 13.8 Å². The second kappa shape index (κ2) is 2.66. The first kappa shape index (κ1) is 8.27. The molecule has 0 aromatic carbocycles. The highest BCUT2D eigenvalue weighted by molar-refractivity contribution is 6.01. The lowest BCUT2D eigenvalue weighted by atomic mass is 9.94. The molecule has 1 aliphatic heterocycles. The Bertz CT molecular complexity index is 201. The molecule has 3 heteroatoms. The van der Waals surface area contributed by atoms with Gasteiger partial charge in [0, 0.05) is 12.0 Å². The van der Waals surface area contributed by atoms with E-state index in [1.807, 2.05) is 0 Å². The molecule has 0 aliphatic carbocycles. The summed E-state index contributed by atoms with van der Waals surface area (Å²) in [6.07, 6.45) is 2.20. The van der Waals surface area contributed by atoms with Crippen LogP contribution in [-0.4, -0.2) is 17.9 Å². The smallest absolute Gasteiger partial charge is 0.181 e. The zero-order valence-electron chi connectivity index (χ0n) is 6.89. The van der Waals surface area contributed by atoms with E-state index < -0.39 is 5.54 Å². The van der Waals surface area contributed by atoms with E-state index in [0.29, 0.717) is 18.6 Å². The van der Waals surface area contributed by atoms with Gasteiger partial charge in [-0.1, -0.05) is 0 Å². The van der Waals surface area contributed by atoms with E-state index in [2.05, 4.69) is 0 Å². The number of nitrogens with two attached hydrogens (primary N) is 1. The Morgan fingerprint density at radius 3 is 2.73 bits per heavy atom. The SMILES string of the molecule is CC(C)(N)C(=O)C1=COCC1. The van der Waals surface area contributed by atoms with Crippen molar-refractivity contribution < 1.29 is 9.53 Å². The van der Waals surface area contributed by atoms with Gasteiger partial charge in [0.15, 0.2) is 5.78 Å². The van der Waals surface area contributed by atoms with Gasteiger partial charge in [-0.2, -0.15) is 0 Å². The molecule has 11 heavy (non-hydrogen) atoms. The highest BCUT2D eigenvalue weighted by Crippen LogP contribution is 2.16. The Morgan fingerprint density at radius 2 is 2.36 bits per heavy atom. The maximum atomic E-state index is 11.4. The Morgan fingerprint density at radius 1 is 1.73 bits per heavy atom. The first-order valence-electron chi connectivity index (χ1n) is 3.66. The molecule has 2 N–H and O–H groups in total. The summed E-state index contributed by atoms with van der Waals surface area (Å²) in [6.45, 7) is 4.01.